The summed E-state index contributed by atoms with van der Waals surface area (Å²) in [6.45, 7) is 11.2. The molecule has 0 bridgehead atoms. The fourth-order valence-corrected chi connectivity index (χ4v) is 4.30. The van der Waals surface area contributed by atoms with Crippen molar-refractivity contribution in [2.75, 3.05) is 19.6 Å². The first kappa shape index (κ1) is 21.9. The van der Waals surface area contributed by atoms with Gasteiger partial charge in [0.1, 0.15) is 0 Å². The highest BCUT2D eigenvalue weighted by Crippen LogP contribution is 2.19. The number of amides is 1. The molecule has 5 nitrogen and oxygen atoms in total. The Balaban J connectivity index is 2.23. The van der Waals surface area contributed by atoms with Crippen LogP contribution in [0.1, 0.15) is 35.3 Å². The largest absolute Gasteiger partial charge is 0.339 e. The van der Waals surface area contributed by atoms with Gasteiger partial charge in [0.2, 0.25) is 10.0 Å². The van der Waals surface area contributed by atoms with Crippen LogP contribution in [0.25, 0.3) is 0 Å². The minimum absolute atomic E-state index is 0.0215. The van der Waals surface area contributed by atoms with Gasteiger partial charge >= 0.3 is 0 Å². The maximum Gasteiger partial charge on any atom is 0.253 e. The predicted octanol–water partition coefficient (Wildman–Crippen LogP) is 3.85. The van der Waals surface area contributed by atoms with Gasteiger partial charge in [-0.1, -0.05) is 35.9 Å². The molecule has 150 valence electrons. The zero-order chi connectivity index (χ0) is 20.7. The van der Waals surface area contributed by atoms with Crippen molar-refractivity contribution in [2.24, 2.45) is 0 Å². The highest BCUT2D eigenvalue weighted by Gasteiger charge is 2.23. The van der Waals surface area contributed by atoms with Gasteiger partial charge in [-0.2, -0.15) is 4.31 Å². The van der Waals surface area contributed by atoms with Gasteiger partial charge in [-0.3, -0.25) is 4.79 Å². The molecule has 0 aromatic heterocycles. The third-order valence-corrected chi connectivity index (χ3v) is 6.43. The molecule has 0 radical (unpaired) electrons. The molecule has 2 aromatic rings. The molecule has 0 aliphatic rings. The van der Waals surface area contributed by atoms with Crippen LogP contribution in [0.15, 0.2) is 66.1 Å². The van der Waals surface area contributed by atoms with Gasteiger partial charge in [-0.25, -0.2) is 8.42 Å². The van der Waals surface area contributed by atoms with E-state index in [1.165, 1.54) is 4.31 Å². The number of nitrogens with zero attached hydrogens (tertiary/aromatic N) is 2. The van der Waals surface area contributed by atoms with E-state index >= 15 is 0 Å². The smallest absolute Gasteiger partial charge is 0.253 e. The fourth-order valence-electron chi connectivity index (χ4n) is 2.90. The summed E-state index contributed by atoms with van der Waals surface area (Å²) >= 11 is 0. The van der Waals surface area contributed by atoms with Crippen molar-refractivity contribution in [2.45, 2.75) is 32.2 Å². The third kappa shape index (κ3) is 5.09. The monoisotopic (exact) mass is 400 g/mol. The van der Waals surface area contributed by atoms with Crippen molar-refractivity contribution in [1.29, 1.82) is 0 Å². The molecule has 0 aliphatic carbocycles. The average Bonchev–Trinajstić information content (AvgIpc) is 2.69. The number of carbonyl (C=O) groups excluding carboxylic acids is 1. The summed E-state index contributed by atoms with van der Waals surface area (Å²) in [4.78, 5) is 14.4. The summed E-state index contributed by atoms with van der Waals surface area (Å²) in [5.41, 5.74) is 2.42. The summed E-state index contributed by atoms with van der Waals surface area (Å²) < 4.78 is 27.4. The number of rotatable bonds is 9. The molecule has 0 N–H and O–H groups in total. The molecule has 1 amide bonds. The summed E-state index contributed by atoms with van der Waals surface area (Å²) in [6, 6.07) is 13.9. The van der Waals surface area contributed by atoms with Crippen LogP contribution in [0.5, 0.6) is 0 Å². The fraction of sp³-hybridized carbons (Fsp3) is 0.318. The maximum absolute atomic E-state index is 13.0. The van der Waals surface area contributed by atoms with Crippen molar-refractivity contribution >= 4 is 15.9 Å². The van der Waals surface area contributed by atoms with Crippen LogP contribution in [0.3, 0.4) is 0 Å². The molecule has 2 rings (SSSR count). The van der Waals surface area contributed by atoms with Crippen LogP contribution < -0.4 is 0 Å². The summed E-state index contributed by atoms with van der Waals surface area (Å²) in [5.74, 6) is -0.0215. The normalized spacial score (nSPS) is 11.4. The standard InChI is InChI=1S/C22H28N2O3S/c1-5-16-24(28(26,27)21-14-8-18(4)9-15-21)17-19-10-12-20(13-11-19)22(25)23(6-2)7-3/h5,8-15H,1,6-7,16-17H2,2-4H3. The summed E-state index contributed by atoms with van der Waals surface area (Å²) in [5, 5.41) is 0. The second-order valence-corrected chi connectivity index (χ2v) is 8.51. The van der Waals surface area contributed by atoms with Crippen LogP contribution in [0.4, 0.5) is 0 Å². The molecule has 0 saturated heterocycles. The van der Waals surface area contributed by atoms with E-state index < -0.39 is 10.0 Å². The molecule has 0 spiro atoms. The van der Waals surface area contributed by atoms with Crippen LogP contribution in [0.2, 0.25) is 0 Å². The van der Waals surface area contributed by atoms with Gasteiger partial charge in [-0.15, -0.1) is 6.58 Å². The Bertz CT molecular complexity index is 900. The lowest BCUT2D eigenvalue weighted by molar-refractivity contribution is 0.0773. The minimum atomic E-state index is -3.64. The first-order valence-corrected chi connectivity index (χ1v) is 10.8. The van der Waals surface area contributed by atoms with Crippen LogP contribution in [-0.4, -0.2) is 43.2 Å². The molecule has 28 heavy (non-hydrogen) atoms. The lowest BCUT2D eigenvalue weighted by Gasteiger charge is -2.22. The lowest BCUT2D eigenvalue weighted by Crippen LogP contribution is -2.31. The summed E-state index contributed by atoms with van der Waals surface area (Å²) in [6.07, 6.45) is 1.57. The Morgan fingerprint density at radius 3 is 2.07 bits per heavy atom. The van der Waals surface area contributed by atoms with Gasteiger partial charge in [0.05, 0.1) is 4.90 Å². The minimum Gasteiger partial charge on any atom is -0.339 e. The van der Waals surface area contributed by atoms with E-state index in [1.807, 2.05) is 20.8 Å². The SMILES string of the molecule is C=CCN(Cc1ccc(C(=O)N(CC)CC)cc1)S(=O)(=O)c1ccc(C)cc1. The Morgan fingerprint density at radius 1 is 1.00 bits per heavy atom. The van der Waals surface area contributed by atoms with Crippen LogP contribution >= 0.6 is 0 Å². The quantitative estimate of drug-likeness (QED) is 0.601. The van der Waals surface area contributed by atoms with E-state index in [4.69, 9.17) is 0 Å². The van der Waals surface area contributed by atoms with Gasteiger partial charge in [0.15, 0.2) is 0 Å². The number of aryl methyl sites for hydroxylation is 1. The first-order valence-electron chi connectivity index (χ1n) is 9.39. The molecule has 6 heteroatoms. The Morgan fingerprint density at radius 2 is 1.57 bits per heavy atom. The highest BCUT2D eigenvalue weighted by molar-refractivity contribution is 7.89. The number of hydrogen-bond donors (Lipinski definition) is 0. The van der Waals surface area contributed by atoms with Crippen LogP contribution in [-0.2, 0) is 16.6 Å². The Labute approximate surface area is 168 Å². The van der Waals surface area contributed by atoms with E-state index in [0.29, 0.717) is 18.7 Å². The lowest BCUT2D eigenvalue weighted by atomic mass is 10.1. The molecule has 0 heterocycles. The van der Waals surface area contributed by atoms with Crippen molar-refractivity contribution in [3.05, 3.63) is 77.9 Å². The second-order valence-electron chi connectivity index (χ2n) is 6.57. The van der Waals surface area contributed by atoms with Gasteiger partial charge in [-0.05, 0) is 50.6 Å². The van der Waals surface area contributed by atoms with Crippen molar-refractivity contribution in [3.63, 3.8) is 0 Å². The van der Waals surface area contributed by atoms with E-state index in [-0.39, 0.29) is 23.9 Å². The Hall–Kier alpha value is -2.44. The van der Waals surface area contributed by atoms with E-state index in [9.17, 15) is 13.2 Å². The summed E-state index contributed by atoms with van der Waals surface area (Å²) in [7, 11) is -3.64. The number of hydrogen-bond acceptors (Lipinski definition) is 3. The van der Waals surface area contributed by atoms with Crippen molar-refractivity contribution < 1.29 is 13.2 Å². The molecule has 0 unspecified atom stereocenters. The van der Waals surface area contributed by atoms with Gasteiger partial charge in [0, 0.05) is 31.7 Å². The third-order valence-electron chi connectivity index (χ3n) is 4.60. The second kappa shape index (κ2) is 9.66. The van der Waals surface area contributed by atoms with Gasteiger partial charge < -0.3 is 4.90 Å². The van der Waals surface area contributed by atoms with Gasteiger partial charge in [0.25, 0.3) is 5.91 Å². The number of sulfonamides is 1. The van der Waals surface area contributed by atoms with E-state index in [2.05, 4.69) is 6.58 Å². The molecule has 0 fully saturated rings. The first-order chi connectivity index (χ1) is 13.3. The maximum atomic E-state index is 13.0. The Kier molecular flexibility index (Phi) is 7.54. The highest BCUT2D eigenvalue weighted by atomic mass is 32.2. The molecule has 0 atom stereocenters. The molecular formula is C22H28N2O3S. The number of benzene rings is 2. The molecule has 2 aromatic carbocycles. The molecule has 0 saturated carbocycles. The molecule has 0 aliphatic heterocycles. The predicted molar refractivity (Wildman–Crippen MR) is 113 cm³/mol. The van der Waals surface area contributed by atoms with Crippen molar-refractivity contribution in [1.82, 2.24) is 9.21 Å². The zero-order valence-corrected chi connectivity index (χ0v) is 17.6. The average molecular weight is 401 g/mol. The van der Waals surface area contributed by atoms with Crippen LogP contribution in [0, 0.1) is 6.92 Å². The topological polar surface area (TPSA) is 57.7 Å². The van der Waals surface area contributed by atoms with E-state index in [1.54, 1.807) is 59.5 Å². The molecular weight excluding hydrogens is 372 g/mol. The zero-order valence-electron chi connectivity index (χ0n) is 16.8. The van der Waals surface area contributed by atoms with Crippen molar-refractivity contribution in [3.8, 4) is 0 Å². The van der Waals surface area contributed by atoms with E-state index in [0.717, 1.165) is 11.1 Å². The number of carbonyl (C=O) groups is 1.